The van der Waals surface area contributed by atoms with Gasteiger partial charge in [0.25, 0.3) is 0 Å². The van der Waals surface area contributed by atoms with Gasteiger partial charge in [-0.2, -0.15) is 0 Å². The molecule has 21 heavy (non-hydrogen) atoms. The molecule has 1 aromatic heterocycles. The highest BCUT2D eigenvalue weighted by Crippen LogP contribution is 2.24. The number of aryl methyl sites for hydroxylation is 2. The molecule has 0 amide bonds. The first-order valence-corrected chi connectivity index (χ1v) is 8.58. The summed E-state index contributed by atoms with van der Waals surface area (Å²) < 4.78 is 5.68. The van der Waals surface area contributed by atoms with Crippen molar-refractivity contribution in [2.75, 3.05) is 13.2 Å². The minimum Gasteiger partial charge on any atom is -0.389 e. The summed E-state index contributed by atoms with van der Waals surface area (Å²) in [4.78, 5) is 5.68. The molecule has 2 N–H and O–H groups in total. The lowest BCUT2D eigenvalue weighted by Gasteiger charge is -2.20. The molecular formula is C16H30N2O2S. The van der Waals surface area contributed by atoms with Crippen molar-refractivity contribution < 1.29 is 9.84 Å². The summed E-state index contributed by atoms with van der Waals surface area (Å²) in [5, 5.41) is 14.4. The maximum Gasteiger partial charge on any atom is 0.0900 e. The van der Waals surface area contributed by atoms with Crippen LogP contribution in [0.15, 0.2) is 0 Å². The molecule has 122 valence electrons. The predicted octanol–water partition coefficient (Wildman–Crippen LogP) is 3.22. The van der Waals surface area contributed by atoms with Gasteiger partial charge < -0.3 is 15.2 Å². The fraction of sp³-hybridized carbons (Fsp3) is 0.812. The first-order chi connectivity index (χ1) is 9.79. The molecule has 0 bridgehead atoms. The van der Waals surface area contributed by atoms with Gasteiger partial charge in [-0.1, -0.05) is 13.8 Å². The third kappa shape index (κ3) is 6.87. The zero-order valence-corrected chi connectivity index (χ0v) is 15.0. The summed E-state index contributed by atoms with van der Waals surface area (Å²) in [7, 11) is 0. The molecule has 0 radical (unpaired) electrons. The van der Waals surface area contributed by atoms with Crippen molar-refractivity contribution in [2.24, 2.45) is 5.92 Å². The number of nitrogens with one attached hydrogen (secondary N) is 1. The van der Waals surface area contributed by atoms with E-state index in [2.05, 4.69) is 38.0 Å². The number of ether oxygens (including phenoxy) is 1. The average Bonchev–Trinajstić information content (AvgIpc) is 2.72. The van der Waals surface area contributed by atoms with E-state index in [0.717, 1.165) is 17.1 Å². The zero-order chi connectivity index (χ0) is 16.0. The van der Waals surface area contributed by atoms with Crippen LogP contribution in [0, 0.1) is 19.8 Å². The van der Waals surface area contributed by atoms with Gasteiger partial charge in [0.1, 0.15) is 0 Å². The number of rotatable bonds is 9. The van der Waals surface area contributed by atoms with E-state index in [4.69, 9.17) is 4.74 Å². The van der Waals surface area contributed by atoms with Gasteiger partial charge in [0.05, 0.1) is 29.5 Å². The van der Waals surface area contributed by atoms with E-state index < -0.39 is 6.10 Å². The average molecular weight is 314 g/mol. The van der Waals surface area contributed by atoms with Crippen molar-refractivity contribution in [3.8, 4) is 0 Å². The maximum atomic E-state index is 10.0. The van der Waals surface area contributed by atoms with Gasteiger partial charge >= 0.3 is 0 Å². The molecule has 1 aromatic rings. The van der Waals surface area contributed by atoms with Gasteiger partial charge in [0, 0.05) is 17.5 Å². The lowest BCUT2D eigenvalue weighted by Crippen LogP contribution is -2.33. The summed E-state index contributed by atoms with van der Waals surface area (Å²) in [5.74, 6) is 0.618. The van der Waals surface area contributed by atoms with Crippen LogP contribution in [0.1, 0.15) is 55.7 Å². The predicted molar refractivity (Wildman–Crippen MR) is 88.9 cm³/mol. The number of aliphatic hydroxyl groups excluding tert-OH is 1. The van der Waals surface area contributed by atoms with Crippen molar-refractivity contribution in [3.63, 3.8) is 0 Å². The molecule has 5 heteroatoms. The highest BCUT2D eigenvalue weighted by molar-refractivity contribution is 7.11. The van der Waals surface area contributed by atoms with Crippen LogP contribution >= 0.6 is 11.3 Å². The Balaban J connectivity index is 2.29. The SMILES string of the molecule is Cc1nc(C)c(C(C)NCC(O)COC(C)CC(C)C)s1. The summed E-state index contributed by atoms with van der Waals surface area (Å²) in [6.45, 7) is 13.5. The Labute approximate surface area is 132 Å². The Morgan fingerprint density at radius 3 is 2.43 bits per heavy atom. The van der Waals surface area contributed by atoms with Crippen molar-refractivity contribution in [2.45, 2.75) is 66.2 Å². The first-order valence-electron chi connectivity index (χ1n) is 7.76. The highest BCUT2D eigenvalue weighted by atomic mass is 32.1. The fourth-order valence-corrected chi connectivity index (χ4v) is 3.37. The van der Waals surface area contributed by atoms with Gasteiger partial charge in [0.2, 0.25) is 0 Å². The standard InChI is InChI=1S/C16H30N2O2S/c1-10(2)7-11(3)20-9-15(19)8-17-12(4)16-13(5)18-14(6)21-16/h10-12,15,17,19H,7-9H2,1-6H3. The van der Waals surface area contributed by atoms with Crippen molar-refractivity contribution in [1.82, 2.24) is 10.3 Å². The van der Waals surface area contributed by atoms with Crippen LogP contribution in [0.4, 0.5) is 0 Å². The molecule has 3 unspecified atom stereocenters. The van der Waals surface area contributed by atoms with Crippen LogP contribution < -0.4 is 5.32 Å². The van der Waals surface area contributed by atoms with Crippen molar-refractivity contribution in [3.05, 3.63) is 15.6 Å². The summed E-state index contributed by atoms with van der Waals surface area (Å²) >= 11 is 1.71. The Bertz CT molecular complexity index is 420. The third-order valence-corrected chi connectivity index (χ3v) is 4.62. The van der Waals surface area contributed by atoms with Crippen LogP contribution in [0.5, 0.6) is 0 Å². The van der Waals surface area contributed by atoms with Crippen LogP contribution in [0.25, 0.3) is 0 Å². The minimum atomic E-state index is -0.476. The lowest BCUT2D eigenvalue weighted by molar-refractivity contribution is -0.00912. The summed E-state index contributed by atoms with van der Waals surface area (Å²) in [6.07, 6.45) is 0.746. The van der Waals surface area contributed by atoms with E-state index in [1.54, 1.807) is 11.3 Å². The smallest absolute Gasteiger partial charge is 0.0900 e. The summed E-state index contributed by atoms with van der Waals surface area (Å²) in [6, 6.07) is 0.207. The Morgan fingerprint density at radius 2 is 1.90 bits per heavy atom. The number of nitrogens with zero attached hydrogens (tertiary/aromatic N) is 1. The normalized spacial score (nSPS) is 16.2. The van der Waals surface area contributed by atoms with E-state index >= 15 is 0 Å². The lowest BCUT2D eigenvalue weighted by atomic mass is 10.1. The number of aliphatic hydroxyl groups is 1. The Morgan fingerprint density at radius 1 is 1.24 bits per heavy atom. The Hall–Kier alpha value is -0.490. The second kappa shape index (κ2) is 8.83. The molecule has 4 nitrogen and oxygen atoms in total. The van der Waals surface area contributed by atoms with E-state index in [1.807, 2.05) is 13.8 Å². The minimum absolute atomic E-state index is 0.198. The Kier molecular flexibility index (Phi) is 7.81. The van der Waals surface area contributed by atoms with Gasteiger partial charge in [-0.25, -0.2) is 4.98 Å². The zero-order valence-electron chi connectivity index (χ0n) is 14.1. The quantitative estimate of drug-likeness (QED) is 0.735. The molecule has 1 rings (SSSR count). The van der Waals surface area contributed by atoms with Crippen molar-refractivity contribution in [1.29, 1.82) is 0 Å². The van der Waals surface area contributed by atoms with Gasteiger partial charge in [-0.3, -0.25) is 0 Å². The molecule has 0 saturated heterocycles. The second-order valence-corrected chi connectivity index (χ2v) is 7.47. The van der Waals surface area contributed by atoms with Crippen LogP contribution in [0.2, 0.25) is 0 Å². The largest absolute Gasteiger partial charge is 0.389 e. The molecular weight excluding hydrogens is 284 g/mol. The molecule has 0 aliphatic rings. The van der Waals surface area contributed by atoms with E-state index in [0.29, 0.717) is 19.1 Å². The van der Waals surface area contributed by atoms with Crippen molar-refractivity contribution >= 4 is 11.3 Å². The maximum absolute atomic E-state index is 10.0. The topological polar surface area (TPSA) is 54.4 Å². The summed E-state index contributed by atoms with van der Waals surface area (Å²) in [5.41, 5.74) is 1.08. The molecule has 0 fully saturated rings. The van der Waals surface area contributed by atoms with Crippen LogP contribution in [0.3, 0.4) is 0 Å². The monoisotopic (exact) mass is 314 g/mol. The van der Waals surface area contributed by atoms with E-state index in [-0.39, 0.29) is 12.1 Å². The number of thiazole rings is 1. The molecule has 0 aliphatic carbocycles. The molecule has 0 saturated carbocycles. The van der Waals surface area contributed by atoms with Crippen LogP contribution in [-0.4, -0.2) is 35.5 Å². The third-order valence-electron chi connectivity index (χ3n) is 3.37. The first kappa shape index (κ1) is 18.6. The number of aromatic nitrogens is 1. The number of hydrogen-bond acceptors (Lipinski definition) is 5. The van der Waals surface area contributed by atoms with Gasteiger partial charge in [0.15, 0.2) is 0 Å². The van der Waals surface area contributed by atoms with E-state index in [1.165, 1.54) is 4.88 Å². The molecule has 0 aliphatic heterocycles. The second-order valence-electron chi connectivity index (χ2n) is 6.24. The van der Waals surface area contributed by atoms with Gasteiger partial charge in [-0.15, -0.1) is 11.3 Å². The molecule has 0 spiro atoms. The van der Waals surface area contributed by atoms with E-state index in [9.17, 15) is 5.11 Å². The van der Waals surface area contributed by atoms with Gasteiger partial charge in [-0.05, 0) is 40.0 Å². The molecule has 0 aromatic carbocycles. The van der Waals surface area contributed by atoms with Crippen LogP contribution in [-0.2, 0) is 4.74 Å². The fourth-order valence-electron chi connectivity index (χ4n) is 2.42. The molecule has 3 atom stereocenters. The highest BCUT2D eigenvalue weighted by Gasteiger charge is 2.15. The number of hydrogen-bond donors (Lipinski definition) is 2. The molecule has 1 heterocycles.